The summed E-state index contributed by atoms with van der Waals surface area (Å²) in [6.07, 6.45) is 0.948. The van der Waals surface area contributed by atoms with Gasteiger partial charge in [0.25, 0.3) is 5.91 Å². The van der Waals surface area contributed by atoms with Crippen molar-refractivity contribution in [2.75, 3.05) is 34.7 Å². The molecule has 1 atom stereocenters. The van der Waals surface area contributed by atoms with Crippen LogP contribution in [-0.2, 0) is 11.3 Å². The minimum atomic E-state index is -0.0250. The molecule has 0 heterocycles. The van der Waals surface area contributed by atoms with E-state index in [1.54, 1.807) is 45.2 Å². The lowest BCUT2D eigenvalue weighted by Crippen LogP contribution is -2.45. The van der Waals surface area contributed by atoms with Gasteiger partial charge in [-0.05, 0) is 31.0 Å². The molecule has 0 radical (unpaired) electrons. The maximum atomic E-state index is 11.9. The second-order valence-electron chi connectivity index (χ2n) is 6.66. The molecule has 27 heavy (non-hydrogen) atoms. The van der Waals surface area contributed by atoms with Crippen molar-refractivity contribution in [2.24, 2.45) is 4.99 Å². The Hall–Kier alpha value is -1.84. The van der Waals surface area contributed by atoms with E-state index < -0.39 is 0 Å². The smallest absolute Gasteiger partial charge is 0.253 e. The van der Waals surface area contributed by atoms with Gasteiger partial charge in [0.15, 0.2) is 5.96 Å². The second-order valence-corrected chi connectivity index (χ2v) is 6.66. The Labute approximate surface area is 179 Å². The van der Waals surface area contributed by atoms with Crippen molar-refractivity contribution >= 4 is 41.8 Å². The highest BCUT2D eigenvalue weighted by molar-refractivity contribution is 14.0. The molecule has 0 fully saturated rings. The molecule has 1 rings (SSSR count). The van der Waals surface area contributed by atoms with Gasteiger partial charge in [-0.15, -0.1) is 24.0 Å². The standard InChI is InChI=1S/C19H31N5O2.HI/c1-7-14(2)22-19(21-13-17(25)23(3)4)20-12-15-8-10-16(11-9-15)18(26)24(5)6;/h8-11,14H,7,12-13H2,1-6H3,(H2,20,21,22);1H. The van der Waals surface area contributed by atoms with Crippen LogP contribution in [0.3, 0.4) is 0 Å². The number of likely N-dealkylation sites (N-methyl/N-ethyl adjacent to an activating group) is 1. The molecule has 1 aromatic rings. The summed E-state index contributed by atoms with van der Waals surface area (Å²) in [6.45, 7) is 4.79. The molecule has 0 saturated carbocycles. The van der Waals surface area contributed by atoms with Gasteiger partial charge in [-0.25, -0.2) is 4.99 Å². The summed E-state index contributed by atoms with van der Waals surface area (Å²) in [5, 5.41) is 6.35. The van der Waals surface area contributed by atoms with Crippen molar-refractivity contribution in [3.63, 3.8) is 0 Å². The SMILES string of the molecule is CCC(C)NC(=NCc1ccc(C(=O)N(C)C)cc1)NCC(=O)N(C)C.I. The van der Waals surface area contributed by atoms with Gasteiger partial charge in [-0.2, -0.15) is 0 Å². The number of nitrogens with zero attached hydrogens (tertiary/aromatic N) is 3. The minimum Gasteiger partial charge on any atom is -0.354 e. The molecule has 0 bridgehead atoms. The van der Waals surface area contributed by atoms with Gasteiger partial charge < -0.3 is 20.4 Å². The van der Waals surface area contributed by atoms with Crippen molar-refractivity contribution in [1.82, 2.24) is 20.4 Å². The van der Waals surface area contributed by atoms with Gasteiger partial charge >= 0.3 is 0 Å². The Balaban J connectivity index is 0.00000676. The van der Waals surface area contributed by atoms with E-state index in [-0.39, 0.29) is 48.4 Å². The molecule has 152 valence electrons. The van der Waals surface area contributed by atoms with E-state index in [0.29, 0.717) is 18.1 Å². The van der Waals surface area contributed by atoms with Gasteiger partial charge in [0.2, 0.25) is 5.91 Å². The molecule has 0 aliphatic carbocycles. The molecule has 0 spiro atoms. The third-order valence-electron chi connectivity index (χ3n) is 3.93. The maximum Gasteiger partial charge on any atom is 0.253 e. The number of aliphatic imine (C=N–C) groups is 1. The van der Waals surface area contributed by atoms with Gasteiger partial charge in [0.1, 0.15) is 0 Å². The van der Waals surface area contributed by atoms with Gasteiger partial charge in [-0.1, -0.05) is 19.1 Å². The molecule has 0 aromatic heterocycles. The summed E-state index contributed by atoms with van der Waals surface area (Å²) in [6, 6.07) is 7.64. The Morgan fingerprint density at radius 1 is 1.07 bits per heavy atom. The Bertz CT molecular complexity index is 629. The van der Waals surface area contributed by atoms with E-state index >= 15 is 0 Å². The molecule has 1 unspecified atom stereocenters. The average Bonchev–Trinajstić information content (AvgIpc) is 2.62. The van der Waals surface area contributed by atoms with Crippen molar-refractivity contribution in [1.29, 1.82) is 0 Å². The zero-order valence-corrected chi connectivity index (χ0v) is 19.4. The lowest BCUT2D eigenvalue weighted by atomic mass is 10.1. The molecule has 0 saturated heterocycles. The molecule has 2 N–H and O–H groups in total. The Morgan fingerprint density at radius 3 is 2.15 bits per heavy atom. The number of hydrogen-bond acceptors (Lipinski definition) is 3. The monoisotopic (exact) mass is 489 g/mol. The van der Waals surface area contributed by atoms with Crippen LogP contribution in [0.4, 0.5) is 0 Å². The number of guanidine groups is 1. The van der Waals surface area contributed by atoms with Gasteiger partial charge in [0.05, 0.1) is 13.1 Å². The van der Waals surface area contributed by atoms with E-state index in [2.05, 4.69) is 29.5 Å². The van der Waals surface area contributed by atoms with E-state index in [0.717, 1.165) is 12.0 Å². The van der Waals surface area contributed by atoms with Gasteiger partial charge in [0, 0.05) is 39.8 Å². The normalized spacial score (nSPS) is 11.9. The van der Waals surface area contributed by atoms with Crippen LogP contribution in [0.5, 0.6) is 0 Å². The second kappa shape index (κ2) is 12.5. The number of carbonyl (C=O) groups excluding carboxylic acids is 2. The average molecular weight is 489 g/mol. The van der Waals surface area contributed by atoms with Crippen molar-refractivity contribution < 1.29 is 9.59 Å². The lowest BCUT2D eigenvalue weighted by molar-refractivity contribution is -0.127. The molecular weight excluding hydrogens is 457 g/mol. The Kier molecular flexibility index (Phi) is 11.7. The van der Waals surface area contributed by atoms with E-state index in [1.165, 1.54) is 4.90 Å². The van der Waals surface area contributed by atoms with Crippen LogP contribution in [0, 0.1) is 0 Å². The van der Waals surface area contributed by atoms with Gasteiger partial charge in [-0.3, -0.25) is 9.59 Å². The molecule has 0 aliphatic rings. The number of carbonyl (C=O) groups is 2. The third kappa shape index (κ3) is 9.07. The fourth-order valence-corrected chi connectivity index (χ4v) is 1.99. The fourth-order valence-electron chi connectivity index (χ4n) is 1.99. The van der Waals surface area contributed by atoms with Crippen LogP contribution in [0.25, 0.3) is 0 Å². The molecule has 1 aromatic carbocycles. The topological polar surface area (TPSA) is 77.0 Å². The molecule has 7 nitrogen and oxygen atoms in total. The molecular formula is C19H32IN5O2. The first-order valence-electron chi connectivity index (χ1n) is 8.80. The quantitative estimate of drug-likeness (QED) is 0.349. The highest BCUT2D eigenvalue weighted by atomic mass is 127. The van der Waals surface area contributed by atoms with Crippen LogP contribution in [0.1, 0.15) is 36.2 Å². The largest absolute Gasteiger partial charge is 0.354 e. The maximum absolute atomic E-state index is 11.9. The fraction of sp³-hybridized carbons (Fsp3) is 0.526. The summed E-state index contributed by atoms with van der Waals surface area (Å²) in [5.41, 5.74) is 1.64. The van der Waals surface area contributed by atoms with Crippen LogP contribution in [-0.4, -0.2) is 68.4 Å². The highest BCUT2D eigenvalue weighted by Gasteiger charge is 2.09. The van der Waals surface area contributed by atoms with Crippen LogP contribution in [0.15, 0.2) is 29.3 Å². The van der Waals surface area contributed by atoms with Crippen LogP contribution < -0.4 is 10.6 Å². The number of halogens is 1. The van der Waals surface area contributed by atoms with Crippen LogP contribution in [0.2, 0.25) is 0 Å². The molecule has 0 aliphatic heterocycles. The first kappa shape index (κ1) is 25.2. The molecule has 8 heteroatoms. The Morgan fingerprint density at radius 2 is 1.67 bits per heavy atom. The van der Waals surface area contributed by atoms with E-state index in [9.17, 15) is 9.59 Å². The van der Waals surface area contributed by atoms with E-state index in [1.807, 2.05) is 12.1 Å². The lowest BCUT2D eigenvalue weighted by Gasteiger charge is -2.18. The van der Waals surface area contributed by atoms with Crippen molar-refractivity contribution in [3.05, 3.63) is 35.4 Å². The predicted molar refractivity (Wildman–Crippen MR) is 121 cm³/mol. The predicted octanol–water partition coefficient (Wildman–Crippen LogP) is 1.93. The van der Waals surface area contributed by atoms with E-state index in [4.69, 9.17) is 0 Å². The summed E-state index contributed by atoms with van der Waals surface area (Å²) in [4.78, 5) is 31.3. The van der Waals surface area contributed by atoms with Crippen LogP contribution >= 0.6 is 24.0 Å². The number of amides is 2. The number of rotatable bonds is 7. The number of nitrogens with one attached hydrogen (secondary N) is 2. The first-order valence-corrected chi connectivity index (χ1v) is 8.80. The number of benzene rings is 1. The zero-order chi connectivity index (χ0) is 19.7. The van der Waals surface area contributed by atoms with Crippen molar-refractivity contribution in [3.8, 4) is 0 Å². The minimum absolute atomic E-state index is 0. The van der Waals surface area contributed by atoms with Crippen molar-refractivity contribution in [2.45, 2.75) is 32.9 Å². The first-order chi connectivity index (χ1) is 12.2. The highest BCUT2D eigenvalue weighted by Crippen LogP contribution is 2.07. The zero-order valence-electron chi connectivity index (χ0n) is 17.1. The summed E-state index contributed by atoms with van der Waals surface area (Å²) >= 11 is 0. The summed E-state index contributed by atoms with van der Waals surface area (Å²) in [5.74, 6) is 0.557. The summed E-state index contributed by atoms with van der Waals surface area (Å²) < 4.78 is 0. The third-order valence-corrected chi connectivity index (χ3v) is 3.93. The number of hydrogen-bond donors (Lipinski definition) is 2. The molecule has 2 amide bonds. The summed E-state index contributed by atoms with van der Waals surface area (Å²) in [7, 11) is 6.90.